The first-order valence-electron chi connectivity index (χ1n) is 12.0. The third-order valence-corrected chi connectivity index (χ3v) is 7.14. The highest BCUT2D eigenvalue weighted by atomic mass is 32.1. The minimum absolute atomic E-state index is 0.00345. The van der Waals surface area contributed by atoms with Crippen molar-refractivity contribution in [1.29, 1.82) is 0 Å². The smallest absolute Gasteiger partial charge is 0.253 e. The van der Waals surface area contributed by atoms with Gasteiger partial charge < -0.3 is 9.88 Å². The van der Waals surface area contributed by atoms with Gasteiger partial charge in [-0.1, -0.05) is 25.5 Å². The fourth-order valence-corrected chi connectivity index (χ4v) is 5.08. The Morgan fingerprint density at radius 1 is 1.24 bits per heavy atom. The van der Waals surface area contributed by atoms with Crippen LogP contribution in [0.5, 0.6) is 0 Å². The van der Waals surface area contributed by atoms with Gasteiger partial charge in [0.1, 0.15) is 5.01 Å². The van der Waals surface area contributed by atoms with Crippen LogP contribution in [0.3, 0.4) is 0 Å². The Kier molecular flexibility index (Phi) is 7.43. The lowest BCUT2D eigenvalue weighted by atomic mass is 9.97. The minimum Gasteiger partial charge on any atom is -0.352 e. The summed E-state index contributed by atoms with van der Waals surface area (Å²) in [5.41, 5.74) is 7.24. The first kappa shape index (κ1) is 23.4. The number of allylic oxidation sites excluding steroid dienone is 2. The second kappa shape index (κ2) is 10.5. The monoisotopic (exact) mass is 462 g/mol. The highest BCUT2D eigenvalue weighted by Crippen LogP contribution is 2.32. The molecule has 0 spiro atoms. The summed E-state index contributed by atoms with van der Waals surface area (Å²) in [6, 6.07) is 6.10. The molecule has 3 aromatic heterocycles. The molecule has 1 aliphatic rings. The number of carbonyl (C=O) groups excluding carboxylic acids is 1. The van der Waals surface area contributed by atoms with Crippen molar-refractivity contribution in [1.82, 2.24) is 19.9 Å². The van der Waals surface area contributed by atoms with Crippen molar-refractivity contribution >= 4 is 17.2 Å². The molecule has 174 valence electrons. The average Bonchev–Trinajstić information content (AvgIpc) is 3.42. The van der Waals surface area contributed by atoms with Crippen LogP contribution in [-0.2, 0) is 6.54 Å². The molecule has 0 saturated carbocycles. The summed E-state index contributed by atoms with van der Waals surface area (Å²) < 4.78 is 2.28. The fourth-order valence-electron chi connectivity index (χ4n) is 4.27. The number of hydrogen-bond donors (Lipinski definition) is 1. The number of thiazole rings is 1. The normalized spacial score (nSPS) is 13.9. The van der Waals surface area contributed by atoms with Gasteiger partial charge in [0.05, 0.1) is 17.0 Å². The van der Waals surface area contributed by atoms with Crippen molar-refractivity contribution in [3.8, 4) is 22.0 Å². The van der Waals surface area contributed by atoms with Crippen molar-refractivity contribution < 1.29 is 4.79 Å². The van der Waals surface area contributed by atoms with E-state index >= 15 is 0 Å². The van der Waals surface area contributed by atoms with Crippen LogP contribution in [-0.4, -0.2) is 27.0 Å². The lowest BCUT2D eigenvalue weighted by molar-refractivity contribution is 0.0948. The Balaban J connectivity index is 1.66. The highest BCUT2D eigenvalue weighted by molar-refractivity contribution is 7.13. The summed E-state index contributed by atoms with van der Waals surface area (Å²) in [5.74, 6) is 0.412. The van der Waals surface area contributed by atoms with Gasteiger partial charge in [0.25, 0.3) is 5.91 Å². The minimum atomic E-state index is -0.00345. The van der Waals surface area contributed by atoms with E-state index in [4.69, 9.17) is 4.98 Å². The van der Waals surface area contributed by atoms with E-state index in [1.54, 1.807) is 11.3 Å². The van der Waals surface area contributed by atoms with E-state index in [9.17, 15) is 4.79 Å². The first-order chi connectivity index (χ1) is 15.9. The zero-order valence-electron chi connectivity index (χ0n) is 20.1. The molecule has 0 fully saturated rings. The number of nitrogens with zero attached hydrogens (tertiary/aromatic N) is 3. The number of aryl methyl sites for hydroxylation is 1. The zero-order valence-corrected chi connectivity index (χ0v) is 21.0. The van der Waals surface area contributed by atoms with Gasteiger partial charge in [0, 0.05) is 41.6 Å². The van der Waals surface area contributed by atoms with E-state index in [1.165, 1.54) is 31.3 Å². The first-order valence-corrected chi connectivity index (χ1v) is 12.9. The van der Waals surface area contributed by atoms with E-state index in [-0.39, 0.29) is 5.91 Å². The molecule has 0 unspecified atom stereocenters. The molecule has 4 rings (SSSR count). The molecule has 0 bridgehead atoms. The topological polar surface area (TPSA) is 59.8 Å². The van der Waals surface area contributed by atoms with Crippen molar-refractivity contribution in [2.24, 2.45) is 5.92 Å². The Morgan fingerprint density at radius 3 is 2.79 bits per heavy atom. The van der Waals surface area contributed by atoms with Crippen molar-refractivity contribution in [2.45, 2.75) is 66.3 Å². The van der Waals surface area contributed by atoms with E-state index in [0.717, 1.165) is 51.9 Å². The van der Waals surface area contributed by atoms with Gasteiger partial charge in [-0.15, -0.1) is 11.3 Å². The van der Waals surface area contributed by atoms with Crippen LogP contribution in [0.2, 0.25) is 0 Å². The van der Waals surface area contributed by atoms with Crippen LogP contribution < -0.4 is 5.32 Å². The summed E-state index contributed by atoms with van der Waals surface area (Å²) in [4.78, 5) is 22.3. The number of aromatic nitrogens is 3. The number of amides is 1. The second-order valence-corrected chi connectivity index (χ2v) is 10.2. The van der Waals surface area contributed by atoms with Crippen molar-refractivity contribution in [2.75, 3.05) is 6.54 Å². The standard InChI is InChI=1S/C27H34N4OS/c1-18(2)15-29-26(32)23-14-25(31(20(23)4)13-12-21-8-6-5-7-9-21)24-17-33-27(30-24)22-11-10-19(3)28-16-22/h8,10-11,14,16-18H,5-7,9,12-13,15H2,1-4H3,(H,29,32). The van der Waals surface area contributed by atoms with Gasteiger partial charge in [-0.2, -0.15) is 0 Å². The lowest BCUT2D eigenvalue weighted by Crippen LogP contribution is -2.27. The molecule has 0 atom stereocenters. The van der Waals surface area contributed by atoms with Crippen molar-refractivity contribution in [3.05, 3.63) is 58.4 Å². The van der Waals surface area contributed by atoms with Crippen LogP contribution in [0.4, 0.5) is 0 Å². The summed E-state index contributed by atoms with van der Waals surface area (Å²) in [5, 5.41) is 6.12. The fraction of sp³-hybridized carbons (Fsp3) is 0.444. The van der Waals surface area contributed by atoms with Gasteiger partial charge in [-0.05, 0) is 70.1 Å². The molecule has 5 nitrogen and oxygen atoms in total. The van der Waals surface area contributed by atoms with Gasteiger partial charge in [0.15, 0.2) is 0 Å². The highest BCUT2D eigenvalue weighted by Gasteiger charge is 2.21. The molecular weight excluding hydrogens is 428 g/mol. The summed E-state index contributed by atoms with van der Waals surface area (Å²) in [6.07, 6.45) is 10.3. The molecule has 33 heavy (non-hydrogen) atoms. The van der Waals surface area contributed by atoms with Crippen molar-refractivity contribution in [3.63, 3.8) is 0 Å². The average molecular weight is 463 g/mol. The largest absolute Gasteiger partial charge is 0.352 e. The third kappa shape index (κ3) is 5.61. The van der Waals surface area contributed by atoms with Gasteiger partial charge in [-0.25, -0.2) is 4.98 Å². The van der Waals surface area contributed by atoms with E-state index in [1.807, 2.05) is 25.3 Å². The van der Waals surface area contributed by atoms with Gasteiger partial charge >= 0.3 is 0 Å². The summed E-state index contributed by atoms with van der Waals surface area (Å²) in [7, 11) is 0. The maximum absolute atomic E-state index is 13.0. The molecule has 1 aliphatic carbocycles. The predicted molar refractivity (Wildman–Crippen MR) is 137 cm³/mol. The SMILES string of the molecule is Cc1ccc(-c2nc(-c3cc(C(=O)NCC(C)C)c(C)n3CCC3=CCCCC3)cs2)cn1. The molecule has 0 saturated heterocycles. The van der Waals surface area contributed by atoms with Gasteiger partial charge in [-0.3, -0.25) is 9.78 Å². The Hall–Kier alpha value is -2.73. The zero-order chi connectivity index (χ0) is 23.4. The maximum Gasteiger partial charge on any atom is 0.253 e. The Labute approximate surface area is 201 Å². The van der Waals surface area contributed by atoms with Gasteiger partial charge in [0.2, 0.25) is 0 Å². The summed E-state index contributed by atoms with van der Waals surface area (Å²) in [6.45, 7) is 9.80. The number of nitrogens with one attached hydrogen (secondary N) is 1. The molecule has 1 amide bonds. The maximum atomic E-state index is 13.0. The molecular formula is C27H34N4OS. The quantitative estimate of drug-likeness (QED) is 0.385. The molecule has 3 aromatic rings. The molecule has 0 aromatic carbocycles. The van der Waals surface area contributed by atoms with Crippen LogP contribution in [0.1, 0.15) is 67.7 Å². The summed E-state index contributed by atoms with van der Waals surface area (Å²) >= 11 is 1.62. The Bertz CT molecular complexity index is 1140. The van der Waals surface area contributed by atoms with Crippen LogP contribution >= 0.6 is 11.3 Å². The second-order valence-electron chi connectivity index (χ2n) is 9.37. The van der Waals surface area contributed by atoms with Crippen LogP contribution in [0.15, 0.2) is 41.4 Å². The van der Waals surface area contributed by atoms with E-state index in [0.29, 0.717) is 12.5 Å². The number of hydrogen-bond acceptors (Lipinski definition) is 4. The molecule has 0 radical (unpaired) electrons. The number of pyridine rings is 1. The van der Waals surface area contributed by atoms with Crippen LogP contribution in [0.25, 0.3) is 22.0 Å². The van der Waals surface area contributed by atoms with E-state index in [2.05, 4.69) is 53.2 Å². The molecule has 3 heterocycles. The molecule has 1 N–H and O–H groups in total. The van der Waals surface area contributed by atoms with E-state index < -0.39 is 0 Å². The molecule has 0 aliphatic heterocycles. The number of carbonyl (C=O) groups is 1. The molecule has 6 heteroatoms. The third-order valence-electron chi connectivity index (χ3n) is 6.25. The number of rotatable bonds is 8. The lowest BCUT2D eigenvalue weighted by Gasteiger charge is -2.16. The van der Waals surface area contributed by atoms with Crippen LogP contribution in [0, 0.1) is 19.8 Å². The Morgan fingerprint density at radius 2 is 2.09 bits per heavy atom. The predicted octanol–water partition coefficient (Wildman–Crippen LogP) is 6.57.